The summed E-state index contributed by atoms with van der Waals surface area (Å²) < 4.78 is 0.245. The number of carbonyl (C=O) groups excluding carboxylic acids is 1. The molecular formula is C6H11AlO+2. The predicted octanol–water partition coefficient (Wildman–Crippen LogP) is 1.12. The first kappa shape index (κ1) is 8.20. The number of rotatable bonds is 3. The summed E-state index contributed by atoms with van der Waals surface area (Å²) in [6, 6.07) is 0. The van der Waals surface area contributed by atoms with Crippen LogP contribution < -0.4 is 0 Å². The van der Waals surface area contributed by atoms with E-state index in [2.05, 4.69) is 16.3 Å². The van der Waals surface area contributed by atoms with E-state index in [1.807, 2.05) is 13.8 Å². The second-order valence-electron chi connectivity index (χ2n) is 1.92. The third kappa shape index (κ3) is 2.50. The molecular weight excluding hydrogens is 115 g/mol. The minimum atomic E-state index is 0.245. The molecule has 0 N–H and O–H groups in total. The van der Waals surface area contributed by atoms with E-state index in [9.17, 15) is 4.79 Å². The van der Waals surface area contributed by atoms with Gasteiger partial charge in [0.15, 0.2) is 0 Å². The van der Waals surface area contributed by atoms with Gasteiger partial charge in [-0.05, 0) is 0 Å². The van der Waals surface area contributed by atoms with Gasteiger partial charge < -0.3 is 0 Å². The van der Waals surface area contributed by atoms with E-state index in [1.54, 1.807) is 0 Å². The van der Waals surface area contributed by atoms with E-state index >= 15 is 0 Å². The van der Waals surface area contributed by atoms with Gasteiger partial charge in [0, 0.05) is 0 Å². The molecule has 0 aliphatic heterocycles. The Morgan fingerprint density at radius 3 is 1.88 bits per heavy atom. The summed E-state index contributed by atoms with van der Waals surface area (Å²) >= 11 is 2.22. The second kappa shape index (κ2) is 4.12. The first-order valence-corrected chi connectivity index (χ1v) is 3.59. The van der Waals surface area contributed by atoms with Gasteiger partial charge in [0.05, 0.1) is 0 Å². The maximum absolute atomic E-state index is 10.6. The van der Waals surface area contributed by atoms with E-state index in [0.29, 0.717) is 0 Å². The molecule has 0 aromatic rings. The van der Waals surface area contributed by atoms with Crippen LogP contribution in [0.3, 0.4) is 0 Å². The van der Waals surface area contributed by atoms with Crippen molar-refractivity contribution < 1.29 is 4.79 Å². The van der Waals surface area contributed by atoms with Gasteiger partial charge in [-0.15, -0.1) is 0 Å². The first-order chi connectivity index (χ1) is 3.72. The molecule has 1 nitrogen and oxygen atoms in total. The fourth-order valence-corrected chi connectivity index (χ4v) is 1.16. The first-order valence-electron chi connectivity index (χ1n) is 3.01. The third-order valence-corrected chi connectivity index (χ3v) is 1.86. The fourth-order valence-electron chi connectivity index (χ4n) is 0.691. The summed E-state index contributed by atoms with van der Waals surface area (Å²) in [6.07, 6.45) is 1.94. The molecule has 0 fully saturated rings. The molecule has 0 rings (SSSR count). The molecule has 0 aliphatic carbocycles. The molecule has 0 spiro atoms. The summed E-state index contributed by atoms with van der Waals surface area (Å²) in [4.78, 5) is 10.6. The third-order valence-electron chi connectivity index (χ3n) is 1.39. The van der Waals surface area contributed by atoms with Crippen LogP contribution in [0, 0.1) is 5.92 Å². The summed E-state index contributed by atoms with van der Waals surface area (Å²) in [5.74, 6) is 0.278. The summed E-state index contributed by atoms with van der Waals surface area (Å²) in [7, 11) is 0. The Morgan fingerprint density at radius 2 is 1.88 bits per heavy atom. The molecule has 0 atom stereocenters. The average molecular weight is 126 g/mol. The Labute approximate surface area is 58.9 Å². The number of hydrogen-bond acceptors (Lipinski definition) is 1. The quantitative estimate of drug-likeness (QED) is 0.518. The van der Waals surface area contributed by atoms with Crippen LogP contribution in [-0.4, -0.2) is 20.9 Å². The van der Waals surface area contributed by atoms with Crippen LogP contribution in [0.2, 0.25) is 0 Å². The van der Waals surface area contributed by atoms with Crippen LogP contribution in [0.1, 0.15) is 26.7 Å². The zero-order valence-electron chi connectivity index (χ0n) is 5.48. The van der Waals surface area contributed by atoms with E-state index in [-0.39, 0.29) is 10.6 Å². The van der Waals surface area contributed by atoms with Crippen molar-refractivity contribution in [3.63, 3.8) is 0 Å². The fraction of sp³-hybridized carbons (Fsp3) is 0.833. The summed E-state index contributed by atoms with van der Waals surface area (Å²) in [5.41, 5.74) is 0. The SMILES string of the molecule is CCC(CC)[C](=O)[Al+2]. The molecule has 0 aromatic heterocycles. The molecule has 0 saturated heterocycles. The van der Waals surface area contributed by atoms with Gasteiger partial charge in [0.25, 0.3) is 0 Å². The van der Waals surface area contributed by atoms with Gasteiger partial charge in [0.2, 0.25) is 0 Å². The van der Waals surface area contributed by atoms with E-state index in [4.69, 9.17) is 0 Å². The topological polar surface area (TPSA) is 17.1 Å². The molecule has 0 heterocycles. The van der Waals surface area contributed by atoms with Crippen LogP contribution in [0.5, 0.6) is 0 Å². The van der Waals surface area contributed by atoms with Crippen LogP contribution in [-0.2, 0) is 4.79 Å². The van der Waals surface area contributed by atoms with Gasteiger partial charge in [-0.25, -0.2) is 0 Å². The Morgan fingerprint density at radius 1 is 1.50 bits per heavy atom. The van der Waals surface area contributed by atoms with Crippen molar-refractivity contribution in [3.8, 4) is 0 Å². The monoisotopic (exact) mass is 126 g/mol. The molecule has 8 heavy (non-hydrogen) atoms. The Bertz CT molecular complexity index is 76.6. The maximum atomic E-state index is 10.6. The predicted molar refractivity (Wildman–Crippen MR) is 34.8 cm³/mol. The van der Waals surface area contributed by atoms with Gasteiger partial charge in [-0.1, -0.05) is 0 Å². The van der Waals surface area contributed by atoms with Crippen LogP contribution >= 0.6 is 0 Å². The average Bonchev–Trinajstić information content (AvgIpc) is 1.69. The van der Waals surface area contributed by atoms with Crippen molar-refractivity contribution in [2.45, 2.75) is 26.7 Å². The van der Waals surface area contributed by atoms with Gasteiger partial charge in [-0.2, -0.15) is 0 Å². The standard InChI is InChI=1S/C6H11O.Al/c1-3-6(4-2)5-7;/h6H,3-4H2,1-2H3;/q;+2. The van der Waals surface area contributed by atoms with Crippen molar-refractivity contribution in [1.29, 1.82) is 0 Å². The molecule has 2 heteroatoms. The van der Waals surface area contributed by atoms with E-state index in [0.717, 1.165) is 12.8 Å². The minimum absolute atomic E-state index is 0.245. The van der Waals surface area contributed by atoms with Crippen LogP contribution in [0.25, 0.3) is 0 Å². The van der Waals surface area contributed by atoms with Crippen molar-refractivity contribution in [1.82, 2.24) is 0 Å². The van der Waals surface area contributed by atoms with Crippen molar-refractivity contribution in [2.24, 2.45) is 5.92 Å². The zero-order chi connectivity index (χ0) is 6.57. The second-order valence-corrected chi connectivity index (χ2v) is 2.48. The summed E-state index contributed by atoms with van der Waals surface area (Å²) in [6.45, 7) is 4.08. The molecule has 0 amide bonds. The zero-order valence-corrected chi connectivity index (χ0v) is 6.63. The van der Waals surface area contributed by atoms with E-state index in [1.165, 1.54) is 0 Å². The van der Waals surface area contributed by atoms with Crippen LogP contribution in [0.4, 0.5) is 0 Å². The Kier molecular flexibility index (Phi) is 4.22. The Balaban J connectivity index is 3.52. The summed E-state index contributed by atoms with van der Waals surface area (Å²) in [5, 5.41) is 0. The normalized spacial score (nSPS) is 10.1. The van der Waals surface area contributed by atoms with Gasteiger partial charge >= 0.3 is 58.3 Å². The van der Waals surface area contributed by atoms with Crippen molar-refractivity contribution in [3.05, 3.63) is 0 Å². The molecule has 42 valence electrons. The van der Waals surface area contributed by atoms with E-state index < -0.39 is 0 Å². The molecule has 0 saturated carbocycles. The molecule has 0 aliphatic rings. The molecule has 0 aromatic carbocycles. The number of hydrogen-bond donors (Lipinski definition) is 0. The van der Waals surface area contributed by atoms with Crippen LogP contribution in [0.15, 0.2) is 0 Å². The molecule has 0 unspecified atom stereocenters. The molecule has 0 radical (unpaired) electrons. The van der Waals surface area contributed by atoms with Gasteiger partial charge in [-0.3, -0.25) is 0 Å². The Hall–Kier alpha value is 0.202. The van der Waals surface area contributed by atoms with Crippen molar-refractivity contribution in [2.75, 3.05) is 0 Å². The van der Waals surface area contributed by atoms with Crippen molar-refractivity contribution >= 4 is 20.9 Å². The number of carbonyl (C=O) groups is 1. The molecule has 0 bridgehead atoms. The van der Waals surface area contributed by atoms with Gasteiger partial charge in [0.1, 0.15) is 0 Å².